The standard InChI is InChI=1S/C15H17BrN2/c16-15-7-5-14(6-8-15)11-18-10-13-3-1-12(9-17)2-4-13/h1-8,18H,9-11,17H2. The first-order valence-corrected chi connectivity index (χ1v) is 6.80. The Hall–Kier alpha value is -1.16. The fraction of sp³-hybridized carbons (Fsp3) is 0.200. The van der Waals surface area contributed by atoms with Gasteiger partial charge in [0.1, 0.15) is 0 Å². The van der Waals surface area contributed by atoms with E-state index in [1.807, 2.05) is 0 Å². The van der Waals surface area contributed by atoms with Crippen LogP contribution in [0.1, 0.15) is 16.7 Å². The van der Waals surface area contributed by atoms with Gasteiger partial charge in [-0.25, -0.2) is 0 Å². The third-order valence-corrected chi connectivity index (χ3v) is 3.36. The Bertz CT molecular complexity index is 477. The van der Waals surface area contributed by atoms with Crippen LogP contribution in [0.4, 0.5) is 0 Å². The minimum Gasteiger partial charge on any atom is -0.326 e. The van der Waals surface area contributed by atoms with Crippen LogP contribution in [-0.4, -0.2) is 0 Å². The normalized spacial score (nSPS) is 10.6. The Labute approximate surface area is 116 Å². The zero-order valence-electron chi connectivity index (χ0n) is 10.2. The van der Waals surface area contributed by atoms with Crippen LogP contribution in [0.3, 0.4) is 0 Å². The molecule has 0 radical (unpaired) electrons. The van der Waals surface area contributed by atoms with Gasteiger partial charge in [-0.1, -0.05) is 52.3 Å². The number of nitrogens with two attached hydrogens (primary N) is 1. The van der Waals surface area contributed by atoms with Crippen molar-refractivity contribution >= 4 is 15.9 Å². The summed E-state index contributed by atoms with van der Waals surface area (Å²) in [6, 6.07) is 16.8. The molecule has 0 aromatic heterocycles. The smallest absolute Gasteiger partial charge is 0.0208 e. The van der Waals surface area contributed by atoms with E-state index in [0.29, 0.717) is 6.54 Å². The molecule has 0 aliphatic heterocycles. The van der Waals surface area contributed by atoms with E-state index in [1.165, 1.54) is 16.7 Å². The third-order valence-electron chi connectivity index (χ3n) is 2.83. The van der Waals surface area contributed by atoms with E-state index < -0.39 is 0 Å². The number of nitrogens with one attached hydrogen (secondary N) is 1. The zero-order valence-corrected chi connectivity index (χ0v) is 11.8. The van der Waals surface area contributed by atoms with Crippen molar-refractivity contribution in [1.29, 1.82) is 0 Å². The fourth-order valence-corrected chi connectivity index (χ4v) is 2.01. The lowest BCUT2D eigenvalue weighted by atomic mass is 10.1. The van der Waals surface area contributed by atoms with Gasteiger partial charge in [-0.05, 0) is 28.8 Å². The van der Waals surface area contributed by atoms with Gasteiger partial charge in [-0.2, -0.15) is 0 Å². The van der Waals surface area contributed by atoms with Gasteiger partial charge >= 0.3 is 0 Å². The molecule has 2 rings (SSSR count). The van der Waals surface area contributed by atoms with Crippen molar-refractivity contribution < 1.29 is 0 Å². The number of halogens is 1. The molecule has 0 aliphatic carbocycles. The Morgan fingerprint density at radius 1 is 0.778 bits per heavy atom. The lowest BCUT2D eigenvalue weighted by Gasteiger charge is -2.06. The highest BCUT2D eigenvalue weighted by molar-refractivity contribution is 9.10. The summed E-state index contributed by atoms with van der Waals surface area (Å²) in [6.07, 6.45) is 0. The molecule has 94 valence electrons. The van der Waals surface area contributed by atoms with E-state index in [0.717, 1.165) is 17.6 Å². The molecule has 3 N–H and O–H groups in total. The Morgan fingerprint density at radius 3 is 1.72 bits per heavy atom. The van der Waals surface area contributed by atoms with E-state index in [-0.39, 0.29) is 0 Å². The van der Waals surface area contributed by atoms with Crippen LogP contribution >= 0.6 is 15.9 Å². The highest BCUT2D eigenvalue weighted by Gasteiger charge is 1.95. The second-order valence-corrected chi connectivity index (χ2v) is 5.17. The highest BCUT2D eigenvalue weighted by Crippen LogP contribution is 2.10. The van der Waals surface area contributed by atoms with Gasteiger partial charge in [0.05, 0.1) is 0 Å². The third kappa shape index (κ3) is 3.95. The molecule has 0 heterocycles. The molecular weight excluding hydrogens is 288 g/mol. The molecule has 0 spiro atoms. The average molecular weight is 305 g/mol. The fourth-order valence-electron chi connectivity index (χ4n) is 1.75. The minimum absolute atomic E-state index is 0.604. The SMILES string of the molecule is NCc1ccc(CNCc2ccc(Br)cc2)cc1. The summed E-state index contributed by atoms with van der Waals surface area (Å²) in [4.78, 5) is 0. The first-order chi connectivity index (χ1) is 8.78. The average Bonchev–Trinajstić information content (AvgIpc) is 2.42. The van der Waals surface area contributed by atoms with Crippen LogP contribution in [0.15, 0.2) is 53.0 Å². The van der Waals surface area contributed by atoms with Gasteiger partial charge < -0.3 is 11.1 Å². The summed E-state index contributed by atoms with van der Waals surface area (Å²) in [5, 5.41) is 3.43. The van der Waals surface area contributed by atoms with Crippen LogP contribution in [0.5, 0.6) is 0 Å². The number of hydrogen-bond donors (Lipinski definition) is 2. The van der Waals surface area contributed by atoms with Crippen molar-refractivity contribution in [2.75, 3.05) is 0 Å². The molecule has 0 aliphatic rings. The highest BCUT2D eigenvalue weighted by atomic mass is 79.9. The van der Waals surface area contributed by atoms with Crippen LogP contribution in [-0.2, 0) is 19.6 Å². The summed E-state index contributed by atoms with van der Waals surface area (Å²) in [6.45, 7) is 2.36. The number of rotatable bonds is 5. The summed E-state index contributed by atoms with van der Waals surface area (Å²) >= 11 is 3.43. The lowest BCUT2D eigenvalue weighted by Crippen LogP contribution is -2.12. The van der Waals surface area contributed by atoms with Crippen molar-refractivity contribution in [3.05, 3.63) is 69.7 Å². The van der Waals surface area contributed by atoms with Gasteiger partial charge in [0.15, 0.2) is 0 Å². The summed E-state index contributed by atoms with van der Waals surface area (Å²) in [5.41, 5.74) is 9.31. The predicted octanol–water partition coefficient (Wildman–Crippen LogP) is 3.20. The molecule has 0 atom stereocenters. The summed E-state index contributed by atoms with van der Waals surface area (Å²) < 4.78 is 1.11. The van der Waals surface area contributed by atoms with Crippen LogP contribution < -0.4 is 11.1 Å². The Balaban J connectivity index is 1.82. The van der Waals surface area contributed by atoms with Gasteiger partial charge in [0.25, 0.3) is 0 Å². The Morgan fingerprint density at radius 2 is 1.22 bits per heavy atom. The Kier molecular flexibility index (Phi) is 4.93. The maximum Gasteiger partial charge on any atom is 0.0208 e. The molecule has 0 saturated carbocycles. The molecule has 0 amide bonds. The van der Waals surface area contributed by atoms with Crippen LogP contribution in [0, 0.1) is 0 Å². The van der Waals surface area contributed by atoms with Crippen molar-refractivity contribution in [1.82, 2.24) is 5.32 Å². The van der Waals surface area contributed by atoms with Gasteiger partial charge in [-0.15, -0.1) is 0 Å². The number of hydrogen-bond acceptors (Lipinski definition) is 2. The van der Waals surface area contributed by atoms with Gasteiger partial charge in [0, 0.05) is 24.1 Å². The van der Waals surface area contributed by atoms with Crippen LogP contribution in [0.2, 0.25) is 0 Å². The number of benzene rings is 2. The maximum atomic E-state index is 5.57. The summed E-state index contributed by atoms with van der Waals surface area (Å²) in [7, 11) is 0. The van der Waals surface area contributed by atoms with Gasteiger partial charge in [-0.3, -0.25) is 0 Å². The molecule has 0 saturated heterocycles. The molecule has 18 heavy (non-hydrogen) atoms. The van der Waals surface area contributed by atoms with Crippen molar-refractivity contribution in [2.45, 2.75) is 19.6 Å². The van der Waals surface area contributed by atoms with Crippen molar-refractivity contribution in [3.63, 3.8) is 0 Å². The molecule has 2 aromatic rings. The topological polar surface area (TPSA) is 38.0 Å². The second kappa shape index (κ2) is 6.69. The summed E-state index contributed by atoms with van der Waals surface area (Å²) in [5.74, 6) is 0. The second-order valence-electron chi connectivity index (χ2n) is 4.25. The van der Waals surface area contributed by atoms with E-state index in [9.17, 15) is 0 Å². The first-order valence-electron chi connectivity index (χ1n) is 6.01. The molecule has 0 unspecified atom stereocenters. The van der Waals surface area contributed by atoms with E-state index in [2.05, 4.69) is 69.8 Å². The monoisotopic (exact) mass is 304 g/mol. The van der Waals surface area contributed by atoms with E-state index >= 15 is 0 Å². The quantitative estimate of drug-likeness (QED) is 0.890. The first kappa shape index (κ1) is 13.3. The van der Waals surface area contributed by atoms with Gasteiger partial charge in [0.2, 0.25) is 0 Å². The van der Waals surface area contributed by atoms with E-state index in [4.69, 9.17) is 5.73 Å². The lowest BCUT2D eigenvalue weighted by molar-refractivity contribution is 0.693. The molecular formula is C15H17BrN2. The maximum absolute atomic E-state index is 5.57. The molecule has 2 aromatic carbocycles. The molecule has 3 heteroatoms. The van der Waals surface area contributed by atoms with Crippen LogP contribution in [0.25, 0.3) is 0 Å². The largest absolute Gasteiger partial charge is 0.326 e. The zero-order chi connectivity index (χ0) is 12.8. The predicted molar refractivity (Wildman–Crippen MR) is 79.0 cm³/mol. The molecule has 2 nitrogen and oxygen atoms in total. The van der Waals surface area contributed by atoms with Crippen molar-refractivity contribution in [2.24, 2.45) is 5.73 Å². The molecule has 0 bridgehead atoms. The van der Waals surface area contributed by atoms with Crippen molar-refractivity contribution in [3.8, 4) is 0 Å². The van der Waals surface area contributed by atoms with E-state index in [1.54, 1.807) is 0 Å². The minimum atomic E-state index is 0.604. The molecule has 0 fully saturated rings.